The van der Waals surface area contributed by atoms with Crippen molar-refractivity contribution in [1.82, 2.24) is 19.5 Å². The summed E-state index contributed by atoms with van der Waals surface area (Å²) in [6, 6.07) is 5.47. The van der Waals surface area contributed by atoms with Gasteiger partial charge in [0.05, 0.1) is 24.1 Å². The van der Waals surface area contributed by atoms with Crippen molar-refractivity contribution in [3.05, 3.63) is 43.1 Å². The smallest absolute Gasteiger partial charge is 0.164 e. The monoisotopic (exact) mass is 328 g/mol. The van der Waals surface area contributed by atoms with E-state index in [1.165, 1.54) is 6.33 Å². The summed E-state index contributed by atoms with van der Waals surface area (Å²) in [5.74, 6) is 0. The average Bonchev–Trinajstić information content (AvgIpc) is 3.17. The quantitative estimate of drug-likeness (QED) is 0.625. The first-order valence-corrected chi connectivity index (χ1v) is 7.55. The zero-order chi connectivity index (χ0) is 16.7. The zero-order valence-corrected chi connectivity index (χ0v) is 12.6. The SMILES string of the molecule is OC[C@H]1O[C@@H](n2cnc3c(-c4cccnc4)nccc32)[C@H](O)[C@@H]1O. The number of ether oxygens (including phenoxy) is 1. The Morgan fingerprint density at radius 2 is 2.00 bits per heavy atom. The molecule has 4 atom stereocenters. The summed E-state index contributed by atoms with van der Waals surface area (Å²) >= 11 is 0. The molecule has 3 N–H and O–H groups in total. The van der Waals surface area contributed by atoms with Gasteiger partial charge in [-0.2, -0.15) is 0 Å². The Balaban J connectivity index is 1.80. The Kier molecular flexibility index (Phi) is 3.73. The van der Waals surface area contributed by atoms with Gasteiger partial charge in [-0.3, -0.25) is 9.97 Å². The van der Waals surface area contributed by atoms with Crippen molar-refractivity contribution in [1.29, 1.82) is 0 Å². The largest absolute Gasteiger partial charge is 0.394 e. The van der Waals surface area contributed by atoms with Crippen LogP contribution >= 0.6 is 0 Å². The Labute approximate surface area is 137 Å². The summed E-state index contributed by atoms with van der Waals surface area (Å²) in [5.41, 5.74) is 2.85. The van der Waals surface area contributed by atoms with E-state index >= 15 is 0 Å². The molecule has 0 aliphatic carbocycles. The Bertz CT molecular complexity index is 854. The van der Waals surface area contributed by atoms with Crippen molar-refractivity contribution < 1.29 is 20.1 Å². The van der Waals surface area contributed by atoms with E-state index in [1.807, 2.05) is 12.1 Å². The number of hydrogen-bond acceptors (Lipinski definition) is 7. The topological polar surface area (TPSA) is 114 Å². The van der Waals surface area contributed by atoms with E-state index in [-0.39, 0.29) is 6.61 Å². The molecule has 0 aromatic carbocycles. The lowest BCUT2D eigenvalue weighted by molar-refractivity contribution is -0.0508. The fraction of sp³-hybridized carbons (Fsp3) is 0.312. The number of aromatic nitrogens is 4. The third-order valence-corrected chi connectivity index (χ3v) is 4.22. The predicted octanol–water partition coefficient (Wildman–Crippen LogP) is 0.105. The lowest BCUT2D eigenvalue weighted by atomic mass is 10.1. The van der Waals surface area contributed by atoms with Crippen LogP contribution in [0.1, 0.15) is 6.23 Å². The zero-order valence-electron chi connectivity index (χ0n) is 12.6. The van der Waals surface area contributed by atoms with Crippen LogP contribution in [0.3, 0.4) is 0 Å². The molecular weight excluding hydrogens is 312 g/mol. The van der Waals surface area contributed by atoms with Crippen molar-refractivity contribution in [3.8, 4) is 11.3 Å². The minimum atomic E-state index is -1.16. The lowest BCUT2D eigenvalue weighted by Gasteiger charge is -2.17. The highest BCUT2D eigenvalue weighted by Crippen LogP contribution is 2.33. The maximum atomic E-state index is 10.2. The third-order valence-electron chi connectivity index (χ3n) is 4.22. The van der Waals surface area contributed by atoms with Crippen LogP contribution in [0.4, 0.5) is 0 Å². The molecule has 0 spiro atoms. The molecule has 3 aromatic rings. The van der Waals surface area contributed by atoms with Gasteiger partial charge >= 0.3 is 0 Å². The van der Waals surface area contributed by atoms with E-state index in [9.17, 15) is 15.3 Å². The molecule has 1 aliphatic heterocycles. The molecule has 0 unspecified atom stereocenters. The number of nitrogens with zero attached hydrogens (tertiary/aromatic N) is 4. The number of hydrogen-bond donors (Lipinski definition) is 3. The molecule has 4 heterocycles. The summed E-state index contributed by atoms with van der Waals surface area (Å²) in [4.78, 5) is 12.9. The van der Waals surface area contributed by atoms with Crippen LogP contribution in [0, 0.1) is 0 Å². The van der Waals surface area contributed by atoms with Gasteiger partial charge in [0, 0.05) is 24.2 Å². The van der Waals surface area contributed by atoms with E-state index in [2.05, 4.69) is 15.0 Å². The van der Waals surface area contributed by atoms with Gasteiger partial charge in [-0.1, -0.05) is 0 Å². The Hall–Kier alpha value is -2.39. The van der Waals surface area contributed by atoms with Gasteiger partial charge in [0.15, 0.2) is 6.23 Å². The van der Waals surface area contributed by atoms with E-state index < -0.39 is 24.5 Å². The predicted molar refractivity (Wildman–Crippen MR) is 83.8 cm³/mol. The first kappa shape index (κ1) is 15.2. The molecule has 1 saturated heterocycles. The number of imidazole rings is 1. The van der Waals surface area contributed by atoms with Crippen LogP contribution in [-0.2, 0) is 4.74 Å². The van der Waals surface area contributed by atoms with Gasteiger partial charge in [0.1, 0.15) is 23.8 Å². The second-order valence-electron chi connectivity index (χ2n) is 5.65. The van der Waals surface area contributed by atoms with Crippen LogP contribution in [0.5, 0.6) is 0 Å². The van der Waals surface area contributed by atoms with Gasteiger partial charge in [0.25, 0.3) is 0 Å². The molecule has 0 saturated carbocycles. The summed E-state index contributed by atoms with van der Waals surface area (Å²) in [7, 11) is 0. The van der Waals surface area contributed by atoms with Crippen molar-refractivity contribution in [2.45, 2.75) is 24.5 Å². The fourth-order valence-electron chi connectivity index (χ4n) is 2.99. The maximum absolute atomic E-state index is 10.2. The van der Waals surface area contributed by atoms with Crippen LogP contribution in [0.2, 0.25) is 0 Å². The molecule has 1 fully saturated rings. The van der Waals surface area contributed by atoms with Crippen molar-refractivity contribution in [2.75, 3.05) is 6.61 Å². The first-order valence-electron chi connectivity index (χ1n) is 7.55. The molecule has 0 bridgehead atoms. The standard InChI is InChI=1S/C16H16N4O4/c21-7-11-14(22)15(23)16(24-11)20-8-19-13-10(20)3-5-18-12(13)9-2-1-4-17-6-9/h1-6,8,11,14-16,21-23H,7H2/t11-,14-,15-,16-/m1/s1. The molecule has 0 radical (unpaired) electrons. The van der Waals surface area contributed by atoms with Crippen molar-refractivity contribution >= 4 is 11.0 Å². The van der Waals surface area contributed by atoms with E-state index in [1.54, 1.807) is 29.2 Å². The van der Waals surface area contributed by atoms with Gasteiger partial charge in [-0.15, -0.1) is 0 Å². The summed E-state index contributed by atoms with van der Waals surface area (Å²) in [5, 5.41) is 29.4. The molecule has 8 heteroatoms. The Morgan fingerprint density at radius 3 is 2.71 bits per heavy atom. The lowest BCUT2D eigenvalue weighted by Crippen LogP contribution is -2.33. The van der Waals surface area contributed by atoms with Crippen LogP contribution in [0.25, 0.3) is 22.3 Å². The third kappa shape index (κ3) is 2.28. The van der Waals surface area contributed by atoms with Crippen molar-refractivity contribution in [3.63, 3.8) is 0 Å². The maximum Gasteiger partial charge on any atom is 0.164 e. The molecule has 1 aliphatic rings. The summed E-state index contributed by atoms with van der Waals surface area (Å²) in [6.45, 7) is -0.371. The van der Waals surface area contributed by atoms with E-state index in [0.29, 0.717) is 16.7 Å². The number of pyridine rings is 2. The molecule has 124 valence electrons. The van der Waals surface area contributed by atoms with E-state index in [4.69, 9.17) is 4.74 Å². The van der Waals surface area contributed by atoms with Crippen molar-refractivity contribution in [2.24, 2.45) is 0 Å². The molecular formula is C16H16N4O4. The fourth-order valence-corrected chi connectivity index (χ4v) is 2.99. The average molecular weight is 328 g/mol. The minimum absolute atomic E-state index is 0.371. The molecule has 3 aromatic heterocycles. The number of aliphatic hydroxyl groups is 3. The normalized spacial score (nSPS) is 27.0. The second kappa shape index (κ2) is 5.91. The van der Waals surface area contributed by atoms with Gasteiger partial charge in [-0.05, 0) is 18.2 Å². The van der Waals surface area contributed by atoms with Crippen LogP contribution in [0.15, 0.2) is 43.1 Å². The number of fused-ring (bicyclic) bond motifs is 1. The second-order valence-corrected chi connectivity index (χ2v) is 5.65. The highest BCUT2D eigenvalue weighted by molar-refractivity contribution is 5.89. The summed E-state index contributed by atoms with van der Waals surface area (Å²) in [6.07, 6.45) is 2.59. The van der Waals surface area contributed by atoms with Gasteiger partial charge in [0.2, 0.25) is 0 Å². The molecule has 24 heavy (non-hydrogen) atoms. The molecule has 4 rings (SSSR count). The number of aliphatic hydroxyl groups excluding tert-OH is 3. The van der Waals surface area contributed by atoms with E-state index in [0.717, 1.165) is 5.56 Å². The van der Waals surface area contributed by atoms with Gasteiger partial charge < -0.3 is 24.6 Å². The number of rotatable bonds is 3. The minimum Gasteiger partial charge on any atom is -0.394 e. The molecule has 0 amide bonds. The van der Waals surface area contributed by atoms with Crippen LogP contribution < -0.4 is 0 Å². The summed E-state index contributed by atoms with van der Waals surface area (Å²) < 4.78 is 7.21. The van der Waals surface area contributed by atoms with Gasteiger partial charge in [-0.25, -0.2) is 4.98 Å². The Morgan fingerprint density at radius 1 is 1.12 bits per heavy atom. The highest BCUT2D eigenvalue weighted by Gasteiger charge is 2.43. The molecule has 8 nitrogen and oxygen atoms in total. The van der Waals surface area contributed by atoms with Crippen LogP contribution in [-0.4, -0.2) is 59.8 Å². The first-order chi connectivity index (χ1) is 11.7. The highest BCUT2D eigenvalue weighted by atomic mass is 16.6.